The average molecular weight is 303 g/mol. The molecule has 1 saturated carbocycles. The Morgan fingerprint density at radius 2 is 1.95 bits per heavy atom. The largest absolute Gasteiger partial charge is 0.481 e. The van der Waals surface area contributed by atoms with Crippen molar-refractivity contribution in [2.75, 3.05) is 12.3 Å². The standard InChI is InChI=1S/C14H25NO4S/c1-11-8-9-15(13-6-3-2-5-12(11)13)20(18,19)10-4-7-14(16)17/h11-13H,2-10H2,1H3,(H,16,17). The van der Waals surface area contributed by atoms with Crippen molar-refractivity contribution in [3.8, 4) is 0 Å². The van der Waals surface area contributed by atoms with Gasteiger partial charge < -0.3 is 5.11 Å². The van der Waals surface area contributed by atoms with Gasteiger partial charge in [0.2, 0.25) is 10.0 Å². The first-order valence-corrected chi connectivity index (χ1v) is 9.24. The van der Waals surface area contributed by atoms with Crippen LogP contribution in [0, 0.1) is 11.8 Å². The van der Waals surface area contributed by atoms with E-state index in [1.807, 2.05) is 0 Å². The van der Waals surface area contributed by atoms with Crippen LogP contribution in [0.1, 0.15) is 51.9 Å². The van der Waals surface area contributed by atoms with Gasteiger partial charge in [0.15, 0.2) is 0 Å². The normalized spacial score (nSPS) is 31.8. The highest BCUT2D eigenvalue weighted by Gasteiger charge is 2.41. The Morgan fingerprint density at radius 1 is 1.25 bits per heavy atom. The third-order valence-corrected chi connectivity index (χ3v) is 6.81. The van der Waals surface area contributed by atoms with Gasteiger partial charge in [0, 0.05) is 19.0 Å². The van der Waals surface area contributed by atoms with E-state index in [-0.39, 0.29) is 24.6 Å². The van der Waals surface area contributed by atoms with E-state index >= 15 is 0 Å². The first-order chi connectivity index (χ1) is 9.42. The van der Waals surface area contributed by atoms with Gasteiger partial charge in [0.1, 0.15) is 0 Å². The van der Waals surface area contributed by atoms with Crippen LogP contribution in [0.4, 0.5) is 0 Å². The molecule has 5 nitrogen and oxygen atoms in total. The van der Waals surface area contributed by atoms with Crippen molar-refractivity contribution < 1.29 is 18.3 Å². The quantitative estimate of drug-likeness (QED) is 0.844. The van der Waals surface area contributed by atoms with Gasteiger partial charge in [0.25, 0.3) is 0 Å². The zero-order chi connectivity index (χ0) is 14.8. The van der Waals surface area contributed by atoms with E-state index in [1.165, 1.54) is 6.42 Å². The molecule has 0 aromatic heterocycles. The molecule has 0 amide bonds. The fraction of sp³-hybridized carbons (Fsp3) is 0.929. The molecule has 3 unspecified atom stereocenters. The maximum Gasteiger partial charge on any atom is 0.303 e. The number of carbonyl (C=O) groups is 1. The molecule has 0 aromatic carbocycles. The number of carboxylic acids is 1. The fourth-order valence-electron chi connectivity index (χ4n) is 3.74. The Labute approximate surface area is 121 Å². The third kappa shape index (κ3) is 3.52. The van der Waals surface area contributed by atoms with Gasteiger partial charge in [-0.25, -0.2) is 8.42 Å². The van der Waals surface area contributed by atoms with Crippen molar-refractivity contribution in [2.24, 2.45) is 11.8 Å². The van der Waals surface area contributed by atoms with Crippen molar-refractivity contribution in [1.29, 1.82) is 0 Å². The molecule has 1 aliphatic carbocycles. The number of nitrogens with zero attached hydrogens (tertiary/aromatic N) is 1. The van der Waals surface area contributed by atoms with Crippen LogP contribution in [0.15, 0.2) is 0 Å². The van der Waals surface area contributed by atoms with Gasteiger partial charge in [-0.15, -0.1) is 0 Å². The van der Waals surface area contributed by atoms with Crippen molar-refractivity contribution >= 4 is 16.0 Å². The minimum Gasteiger partial charge on any atom is -0.481 e. The predicted octanol–water partition coefficient (Wildman–Crippen LogP) is 2.08. The van der Waals surface area contributed by atoms with Gasteiger partial charge in [-0.3, -0.25) is 4.79 Å². The Morgan fingerprint density at radius 3 is 2.65 bits per heavy atom. The highest BCUT2D eigenvalue weighted by atomic mass is 32.2. The topological polar surface area (TPSA) is 74.7 Å². The van der Waals surface area contributed by atoms with E-state index in [2.05, 4.69) is 6.92 Å². The predicted molar refractivity (Wildman–Crippen MR) is 76.9 cm³/mol. The highest BCUT2D eigenvalue weighted by Crippen LogP contribution is 2.40. The summed E-state index contributed by atoms with van der Waals surface area (Å²) in [5.41, 5.74) is 0. The smallest absolute Gasteiger partial charge is 0.303 e. The second kappa shape index (κ2) is 6.43. The van der Waals surface area contributed by atoms with Gasteiger partial charge in [-0.1, -0.05) is 19.8 Å². The molecular weight excluding hydrogens is 278 g/mol. The van der Waals surface area contributed by atoms with E-state index in [0.717, 1.165) is 25.7 Å². The Hall–Kier alpha value is -0.620. The Kier molecular flexibility index (Phi) is 5.07. The zero-order valence-corrected chi connectivity index (χ0v) is 12.9. The maximum atomic E-state index is 12.5. The summed E-state index contributed by atoms with van der Waals surface area (Å²) in [4.78, 5) is 10.5. The molecule has 2 aliphatic rings. The summed E-state index contributed by atoms with van der Waals surface area (Å²) in [7, 11) is -3.30. The number of rotatable bonds is 5. The summed E-state index contributed by atoms with van der Waals surface area (Å²) in [6.45, 7) is 2.84. The lowest BCUT2D eigenvalue weighted by Crippen LogP contribution is -2.52. The summed E-state index contributed by atoms with van der Waals surface area (Å²) in [5.74, 6) is 0.136. The van der Waals surface area contributed by atoms with Crippen LogP contribution in [-0.2, 0) is 14.8 Å². The Balaban J connectivity index is 2.04. The fourth-order valence-corrected chi connectivity index (χ4v) is 5.54. The highest BCUT2D eigenvalue weighted by molar-refractivity contribution is 7.89. The summed E-state index contributed by atoms with van der Waals surface area (Å²) in [6.07, 6.45) is 5.48. The number of carboxylic acid groups (broad SMARTS) is 1. The molecule has 2 fully saturated rings. The van der Waals surface area contributed by atoms with Crippen LogP contribution in [0.3, 0.4) is 0 Å². The molecule has 1 N–H and O–H groups in total. The lowest BCUT2D eigenvalue weighted by atomic mass is 9.74. The van der Waals surface area contributed by atoms with E-state index in [4.69, 9.17) is 5.11 Å². The lowest BCUT2D eigenvalue weighted by Gasteiger charge is -2.46. The molecule has 1 saturated heterocycles. The van der Waals surface area contributed by atoms with Crippen molar-refractivity contribution in [3.63, 3.8) is 0 Å². The minimum atomic E-state index is -3.30. The molecule has 1 aliphatic heterocycles. The molecule has 0 radical (unpaired) electrons. The molecule has 1 heterocycles. The van der Waals surface area contributed by atoms with Crippen LogP contribution >= 0.6 is 0 Å². The van der Waals surface area contributed by atoms with Crippen LogP contribution < -0.4 is 0 Å². The van der Waals surface area contributed by atoms with Crippen molar-refractivity contribution in [1.82, 2.24) is 4.31 Å². The molecular formula is C14H25NO4S. The number of piperidine rings is 1. The second-order valence-corrected chi connectivity index (χ2v) is 8.25. The monoisotopic (exact) mass is 303 g/mol. The van der Waals surface area contributed by atoms with Gasteiger partial charge >= 0.3 is 5.97 Å². The molecule has 0 spiro atoms. The van der Waals surface area contributed by atoms with Gasteiger partial charge in [-0.05, 0) is 37.5 Å². The van der Waals surface area contributed by atoms with Crippen molar-refractivity contribution in [2.45, 2.75) is 57.9 Å². The van der Waals surface area contributed by atoms with Crippen LogP contribution in [0.25, 0.3) is 0 Å². The van der Waals surface area contributed by atoms with Crippen molar-refractivity contribution in [3.05, 3.63) is 0 Å². The molecule has 6 heteroatoms. The van der Waals surface area contributed by atoms with E-state index in [1.54, 1.807) is 4.31 Å². The van der Waals surface area contributed by atoms with E-state index in [9.17, 15) is 13.2 Å². The summed E-state index contributed by atoms with van der Waals surface area (Å²) in [6, 6.07) is 0.155. The van der Waals surface area contributed by atoms with Crippen LogP contribution in [-0.4, -0.2) is 42.1 Å². The summed E-state index contributed by atoms with van der Waals surface area (Å²) in [5, 5.41) is 8.63. The SMILES string of the molecule is CC1CCN(S(=O)(=O)CCCC(=O)O)C2CCCCC12. The van der Waals surface area contributed by atoms with Crippen LogP contribution in [0.2, 0.25) is 0 Å². The molecule has 2 rings (SSSR count). The number of aliphatic carboxylic acids is 1. The molecule has 20 heavy (non-hydrogen) atoms. The summed E-state index contributed by atoms with van der Waals surface area (Å²) >= 11 is 0. The van der Waals surface area contributed by atoms with Crippen LogP contribution in [0.5, 0.6) is 0 Å². The second-order valence-electron chi connectivity index (χ2n) is 6.21. The van der Waals surface area contributed by atoms with Gasteiger partial charge in [0.05, 0.1) is 5.75 Å². The minimum absolute atomic E-state index is 0.0309. The zero-order valence-electron chi connectivity index (χ0n) is 12.1. The number of sulfonamides is 1. The Bertz CT molecular complexity index is 448. The number of hydrogen-bond donors (Lipinski definition) is 1. The number of hydrogen-bond acceptors (Lipinski definition) is 3. The molecule has 116 valence electrons. The molecule has 0 bridgehead atoms. The molecule has 0 aromatic rings. The third-order valence-electron chi connectivity index (χ3n) is 4.84. The van der Waals surface area contributed by atoms with Gasteiger partial charge in [-0.2, -0.15) is 4.31 Å². The summed E-state index contributed by atoms with van der Waals surface area (Å²) < 4.78 is 26.6. The molecule has 3 atom stereocenters. The first kappa shape index (κ1) is 15.8. The first-order valence-electron chi connectivity index (χ1n) is 7.63. The number of fused-ring (bicyclic) bond motifs is 1. The lowest BCUT2D eigenvalue weighted by molar-refractivity contribution is -0.137. The van der Waals surface area contributed by atoms with E-state index < -0.39 is 16.0 Å². The average Bonchev–Trinajstić information content (AvgIpc) is 2.38. The maximum absolute atomic E-state index is 12.5. The van der Waals surface area contributed by atoms with E-state index in [0.29, 0.717) is 18.4 Å².